The molecule has 230 valence electrons. The lowest BCUT2D eigenvalue weighted by molar-refractivity contribution is -0.104. The number of piperidine rings is 1. The van der Waals surface area contributed by atoms with Crippen LogP contribution in [-0.2, 0) is 13.0 Å². The van der Waals surface area contributed by atoms with Crippen LogP contribution >= 0.6 is 12.4 Å². The van der Waals surface area contributed by atoms with Crippen molar-refractivity contribution in [3.63, 3.8) is 0 Å². The van der Waals surface area contributed by atoms with Crippen molar-refractivity contribution in [2.45, 2.75) is 90.1 Å². The van der Waals surface area contributed by atoms with Crippen molar-refractivity contribution in [1.82, 2.24) is 4.90 Å². The fourth-order valence-corrected chi connectivity index (χ4v) is 10.2. The van der Waals surface area contributed by atoms with Gasteiger partial charge in [0.2, 0.25) is 0 Å². The zero-order valence-electron chi connectivity index (χ0n) is 26.1. The second-order valence-electron chi connectivity index (χ2n) is 15.1. The number of carbonyl (C=O) groups excluding carboxylic acids is 1. The zero-order chi connectivity index (χ0) is 28.8. The first kappa shape index (κ1) is 31.3. The number of benzene rings is 2. The van der Waals surface area contributed by atoms with Gasteiger partial charge in [-0.15, -0.1) is 12.4 Å². The number of hydrogen-bond donors (Lipinski definition) is 1. The summed E-state index contributed by atoms with van der Waals surface area (Å²) in [7, 11) is 3.26. The molecule has 2 aromatic carbocycles. The third-order valence-electron chi connectivity index (χ3n) is 11.0. The molecule has 6 heteroatoms. The number of Topliss-reactive ketones (excluding diaryl/α,β-unsaturated/α-hetero) is 1. The lowest BCUT2D eigenvalue weighted by Crippen LogP contribution is -2.62. The smallest absolute Gasteiger partial charge is 0.166 e. The van der Waals surface area contributed by atoms with Crippen molar-refractivity contribution in [3.05, 3.63) is 59.2 Å². The van der Waals surface area contributed by atoms with Crippen LogP contribution in [0.1, 0.15) is 93.1 Å². The molecule has 4 saturated carbocycles. The Bertz CT molecular complexity index is 1210. The van der Waals surface area contributed by atoms with E-state index in [1.165, 1.54) is 56.9 Å². The molecule has 0 spiro atoms. The average Bonchev–Trinajstić information content (AvgIpc) is 3.21. The molecule has 5 fully saturated rings. The summed E-state index contributed by atoms with van der Waals surface area (Å²) in [5, 5.41) is 0. The summed E-state index contributed by atoms with van der Waals surface area (Å²) in [6.07, 6.45) is 12.5. The van der Waals surface area contributed by atoms with Gasteiger partial charge in [-0.3, -0.25) is 9.69 Å². The Labute approximate surface area is 259 Å². The minimum absolute atomic E-state index is 0. The summed E-state index contributed by atoms with van der Waals surface area (Å²) in [6, 6.07) is 14.5. The Balaban J connectivity index is 0.000000209. The number of hydrogen-bond acceptors (Lipinski definition) is 5. The van der Waals surface area contributed by atoms with Gasteiger partial charge in [-0.25, -0.2) is 0 Å². The number of halogens is 1. The molecule has 6 aliphatic rings. The first-order chi connectivity index (χ1) is 19.6. The fourth-order valence-electron chi connectivity index (χ4n) is 10.2. The molecule has 3 atom stereocenters. The highest BCUT2D eigenvalue weighted by Gasteiger charge is 2.58. The average molecular weight is 595 g/mol. The minimum atomic E-state index is 0. The molecule has 42 heavy (non-hydrogen) atoms. The number of ketones is 1. The van der Waals surface area contributed by atoms with E-state index in [1.54, 1.807) is 14.2 Å². The topological polar surface area (TPSA) is 64.8 Å². The summed E-state index contributed by atoms with van der Waals surface area (Å²) >= 11 is 0. The van der Waals surface area contributed by atoms with Crippen LogP contribution in [-0.4, -0.2) is 43.5 Å². The molecule has 2 aromatic rings. The van der Waals surface area contributed by atoms with E-state index in [0.717, 1.165) is 49.5 Å². The van der Waals surface area contributed by atoms with Crippen LogP contribution in [0, 0.1) is 28.6 Å². The Morgan fingerprint density at radius 3 is 2.10 bits per heavy atom. The SMILES string of the molecule is CC12CC3CC(C)(C1)CC(N)(C3)C2.COc1cc2c(cc1OC)C(=O)C(CC1CCN(Cc3ccccc3)CC1)C2.Cl. The maximum absolute atomic E-state index is 12.9. The predicted molar refractivity (Wildman–Crippen MR) is 172 cm³/mol. The van der Waals surface area contributed by atoms with E-state index in [4.69, 9.17) is 15.2 Å². The van der Waals surface area contributed by atoms with Crippen molar-refractivity contribution in [2.24, 2.45) is 34.3 Å². The van der Waals surface area contributed by atoms with E-state index < -0.39 is 0 Å². The van der Waals surface area contributed by atoms with Gasteiger partial charge in [0, 0.05) is 23.6 Å². The molecule has 0 amide bonds. The molecule has 2 N–H and O–H groups in total. The quantitative estimate of drug-likeness (QED) is 0.376. The Morgan fingerprint density at radius 2 is 1.52 bits per heavy atom. The number of ether oxygens (including phenoxy) is 2. The van der Waals surface area contributed by atoms with Gasteiger partial charge < -0.3 is 15.2 Å². The van der Waals surface area contributed by atoms with Gasteiger partial charge >= 0.3 is 0 Å². The standard InChI is InChI=1S/C24H29NO3.C12H21N.ClH/c1-27-22-14-19-13-20(24(26)21(19)15-23(22)28-2)12-17-8-10-25(11-9-17)16-18-6-4-3-5-7-18;1-10-3-9-4-11(2,6-10)8-12(13,5-9)7-10;/h3-7,14-15,17,20H,8-13,16H2,1-2H3;9H,3-8,13H2,1-2H3;1H. The van der Waals surface area contributed by atoms with Gasteiger partial charge in [-0.2, -0.15) is 0 Å². The van der Waals surface area contributed by atoms with E-state index in [-0.39, 0.29) is 29.6 Å². The lowest BCUT2D eigenvalue weighted by Gasteiger charge is -2.64. The number of likely N-dealkylation sites (tertiary alicyclic amines) is 1. The summed E-state index contributed by atoms with van der Waals surface area (Å²) in [5.74, 6) is 3.34. The summed E-state index contributed by atoms with van der Waals surface area (Å²) in [6.45, 7) is 8.21. The van der Waals surface area contributed by atoms with Gasteiger partial charge in [0.05, 0.1) is 14.2 Å². The molecule has 0 radical (unpaired) electrons. The molecule has 4 bridgehead atoms. The van der Waals surface area contributed by atoms with Crippen LogP contribution in [0.4, 0.5) is 0 Å². The largest absolute Gasteiger partial charge is 0.493 e. The number of nitrogens with two attached hydrogens (primary N) is 1. The van der Waals surface area contributed by atoms with Crippen LogP contribution in [0.5, 0.6) is 11.5 Å². The van der Waals surface area contributed by atoms with E-state index in [2.05, 4.69) is 49.1 Å². The maximum Gasteiger partial charge on any atom is 0.166 e. The summed E-state index contributed by atoms with van der Waals surface area (Å²) in [5.41, 5.74) is 11.2. The fraction of sp³-hybridized carbons (Fsp3) is 0.639. The predicted octanol–water partition coefficient (Wildman–Crippen LogP) is 7.48. The lowest BCUT2D eigenvalue weighted by atomic mass is 9.43. The molecule has 8 rings (SSSR count). The van der Waals surface area contributed by atoms with Crippen molar-refractivity contribution in [3.8, 4) is 11.5 Å². The van der Waals surface area contributed by atoms with Gasteiger partial charge in [0.1, 0.15) is 0 Å². The van der Waals surface area contributed by atoms with Crippen LogP contribution in [0.15, 0.2) is 42.5 Å². The van der Waals surface area contributed by atoms with E-state index in [0.29, 0.717) is 28.2 Å². The van der Waals surface area contributed by atoms with Crippen molar-refractivity contribution >= 4 is 18.2 Å². The first-order valence-electron chi connectivity index (χ1n) is 15.9. The minimum Gasteiger partial charge on any atom is -0.493 e. The summed E-state index contributed by atoms with van der Waals surface area (Å²) in [4.78, 5) is 15.5. The number of rotatable bonds is 6. The van der Waals surface area contributed by atoms with Crippen LogP contribution in [0.3, 0.4) is 0 Å². The highest BCUT2D eigenvalue weighted by atomic mass is 35.5. The highest BCUT2D eigenvalue weighted by molar-refractivity contribution is 6.02. The third-order valence-corrected chi connectivity index (χ3v) is 11.0. The second kappa shape index (κ2) is 12.1. The summed E-state index contributed by atoms with van der Waals surface area (Å²) < 4.78 is 10.8. The van der Waals surface area contributed by atoms with Gasteiger partial charge in [-0.1, -0.05) is 44.2 Å². The van der Waals surface area contributed by atoms with Crippen LogP contribution < -0.4 is 15.2 Å². The number of carbonyl (C=O) groups is 1. The molecular formula is C36H51ClN2O3. The van der Waals surface area contributed by atoms with Gasteiger partial charge in [0.25, 0.3) is 0 Å². The van der Waals surface area contributed by atoms with Crippen molar-refractivity contribution in [2.75, 3.05) is 27.3 Å². The molecule has 1 heterocycles. The maximum atomic E-state index is 12.9. The monoisotopic (exact) mass is 594 g/mol. The molecule has 5 aliphatic carbocycles. The Kier molecular flexibility index (Phi) is 9.05. The Hall–Kier alpha value is -2.08. The number of nitrogens with zero attached hydrogens (tertiary/aromatic N) is 1. The third kappa shape index (κ3) is 6.54. The van der Waals surface area contributed by atoms with Crippen LogP contribution in [0.25, 0.3) is 0 Å². The molecule has 0 aromatic heterocycles. The van der Waals surface area contributed by atoms with E-state index in [9.17, 15) is 4.79 Å². The van der Waals surface area contributed by atoms with Crippen LogP contribution in [0.2, 0.25) is 0 Å². The molecule has 1 aliphatic heterocycles. The molecule has 3 unspecified atom stereocenters. The normalized spacial score (nSPS) is 33.4. The molecular weight excluding hydrogens is 544 g/mol. The van der Waals surface area contributed by atoms with Crippen molar-refractivity contribution < 1.29 is 14.3 Å². The van der Waals surface area contributed by atoms with Crippen molar-refractivity contribution in [1.29, 1.82) is 0 Å². The van der Waals surface area contributed by atoms with Gasteiger partial charge in [-0.05, 0) is 123 Å². The second-order valence-corrected chi connectivity index (χ2v) is 15.1. The van der Waals surface area contributed by atoms with E-state index >= 15 is 0 Å². The number of methoxy groups -OCH3 is 2. The highest BCUT2D eigenvalue weighted by Crippen LogP contribution is 2.65. The first-order valence-corrected chi connectivity index (χ1v) is 15.9. The van der Waals surface area contributed by atoms with Gasteiger partial charge in [0.15, 0.2) is 17.3 Å². The number of fused-ring (bicyclic) bond motifs is 1. The zero-order valence-corrected chi connectivity index (χ0v) is 26.9. The molecule has 5 nitrogen and oxygen atoms in total. The Morgan fingerprint density at radius 1 is 0.905 bits per heavy atom. The molecule has 1 saturated heterocycles. The van der Waals surface area contributed by atoms with E-state index in [1.807, 2.05) is 12.1 Å².